The van der Waals surface area contributed by atoms with Crippen molar-refractivity contribution in [2.75, 3.05) is 13.1 Å². The van der Waals surface area contributed by atoms with Gasteiger partial charge in [0.2, 0.25) is 0 Å². The molecule has 6 nitrogen and oxygen atoms in total. The molecule has 1 aromatic carbocycles. The second-order valence-electron chi connectivity index (χ2n) is 8.50. The molecule has 3 aromatic rings. The SMILES string of the molecule is CC1=NC(C)(CCc2nc3c4cccnc4ccc3n2C)NC(C)=C1N1CCC1. The first kappa shape index (κ1) is 18.2. The number of allylic oxidation sites excluding steroid dienone is 2. The summed E-state index contributed by atoms with van der Waals surface area (Å²) in [5, 5.41) is 4.79. The Kier molecular flexibility index (Phi) is 4.12. The van der Waals surface area contributed by atoms with Crippen LogP contribution in [0.15, 0.2) is 46.8 Å². The molecule has 6 heteroatoms. The van der Waals surface area contributed by atoms with Gasteiger partial charge in [-0.15, -0.1) is 0 Å². The van der Waals surface area contributed by atoms with Gasteiger partial charge in [-0.05, 0) is 57.9 Å². The van der Waals surface area contributed by atoms with Gasteiger partial charge in [-0.1, -0.05) is 0 Å². The smallest absolute Gasteiger partial charge is 0.127 e. The molecule has 4 heterocycles. The second-order valence-corrected chi connectivity index (χ2v) is 8.50. The zero-order valence-electron chi connectivity index (χ0n) is 17.7. The Morgan fingerprint density at radius 2 is 2.00 bits per heavy atom. The van der Waals surface area contributed by atoms with E-state index < -0.39 is 0 Å². The first-order chi connectivity index (χ1) is 14.0. The second kappa shape index (κ2) is 6.58. The number of hydrogen-bond acceptors (Lipinski definition) is 5. The van der Waals surface area contributed by atoms with E-state index in [0.717, 1.165) is 59.4 Å². The maximum absolute atomic E-state index is 5.06. The van der Waals surface area contributed by atoms with Crippen molar-refractivity contribution in [3.8, 4) is 0 Å². The maximum atomic E-state index is 5.06. The van der Waals surface area contributed by atoms with E-state index in [1.165, 1.54) is 17.8 Å². The zero-order valence-corrected chi connectivity index (χ0v) is 17.7. The molecule has 2 aliphatic rings. The van der Waals surface area contributed by atoms with Gasteiger partial charge < -0.3 is 14.8 Å². The van der Waals surface area contributed by atoms with Gasteiger partial charge in [-0.2, -0.15) is 0 Å². The molecule has 29 heavy (non-hydrogen) atoms. The summed E-state index contributed by atoms with van der Waals surface area (Å²) in [6.45, 7) is 8.79. The third-order valence-electron chi connectivity index (χ3n) is 6.30. The summed E-state index contributed by atoms with van der Waals surface area (Å²) in [6, 6.07) is 8.28. The van der Waals surface area contributed by atoms with Crippen molar-refractivity contribution in [2.24, 2.45) is 12.0 Å². The molecule has 0 radical (unpaired) electrons. The van der Waals surface area contributed by atoms with Crippen LogP contribution in [-0.2, 0) is 13.5 Å². The van der Waals surface area contributed by atoms with Gasteiger partial charge in [0.15, 0.2) is 0 Å². The van der Waals surface area contributed by atoms with E-state index >= 15 is 0 Å². The molecule has 2 aromatic heterocycles. The van der Waals surface area contributed by atoms with Gasteiger partial charge in [0, 0.05) is 43.8 Å². The fourth-order valence-corrected chi connectivity index (χ4v) is 4.75. The van der Waals surface area contributed by atoms with Crippen molar-refractivity contribution in [1.82, 2.24) is 24.8 Å². The average molecular weight is 389 g/mol. The van der Waals surface area contributed by atoms with E-state index in [0.29, 0.717) is 0 Å². The number of aromatic nitrogens is 3. The first-order valence-electron chi connectivity index (χ1n) is 10.4. The summed E-state index contributed by atoms with van der Waals surface area (Å²) >= 11 is 0. The van der Waals surface area contributed by atoms with Crippen LogP contribution < -0.4 is 5.32 Å². The molecule has 0 saturated carbocycles. The molecule has 0 amide bonds. The highest BCUT2D eigenvalue weighted by molar-refractivity contribution is 6.02. The van der Waals surface area contributed by atoms with Crippen molar-refractivity contribution < 1.29 is 0 Å². The topological polar surface area (TPSA) is 58.3 Å². The Bertz CT molecular complexity index is 1170. The van der Waals surface area contributed by atoms with Crippen LogP contribution in [0.4, 0.5) is 0 Å². The molecular weight excluding hydrogens is 360 g/mol. The highest BCUT2D eigenvalue weighted by Gasteiger charge is 2.32. The van der Waals surface area contributed by atoms with Crippen molar-refractivity contribution in [1.29, 1.82) is 0 Å². The van der Waals surface area contributed by atoms with Crippen LogP contribution in [-0.4, -0.2) is 43.9 Å². The number of benzene rings is 1. The number of hydrogen-bond donors (Lipinski definition) is 1. The molecule has 5 rings (SSSR count). The quantitative estimate of drug-likeness (QED) is 0.739. The van der Waals surface area contributed by atoms with Gasteiger partial charge >= 0.3 is 0 Å². The van der Waals surface area contributed by atoms with Crippen LogP contribution in [0.3, 0.4) is 0 Å². The Morgan fingerprint density at radius 1 is 1.17 bits per heavy atom. The predicted molar refractivity (Wildman–Crippen MR) is 118 cm³/mol. The van der Waals surface area contributed by atoms with E-state index in [-0.39, 0.29) is 5.66 Å². The van der Waals surface area contributed by atoms with E-state index in [1.807, 2.05) is 12.3 Å². The lowest BCUT2D eigenvalue weighted by atomic mass is 10.0. The third kappa shape index (κ3) is 2.98. The van der Waals surface area contributed by atoms with Gasteiger partial charge in [-0.25, -0.2) is 4.98 Å². The molecule has 1 N–H and O–H groups in total. The molecule has 0 aliphatic carbocycles. The third-order valence-corrected chi connectivity index (χ3v) is 6.30. The summed E-state index contributed by atoms with van der Waals surface area (Å²) < 4.78 is 2.21. The summed E-state index contributed by atoms with van der Waals surface area (Å²) in [4.78, 5) is 16.9. The summed E-state index contributed by atoms with van der Waals surface area (Å²) in [6.07, 6.45) is 4.86. The van der Waals surface area contributed by atoms with Crippen LogP contribution in [0, 0.1) is 0 Å². The number of imidazole rings is 1. The Labute approximate surface area is 171 Å². The van der Waals surface area contributed by atoms with E-state index in [2.05, 4.69) is 65.8 Å². The minimum Gasteiger partial charge on any atom is -0.369 e. The highest BCUT2D eigenvalue weighted by Crippen LogP contribution is 2.29. The number of pyridine rings is 1. The van der Waals surface area contributed by atoms with Crippen molar-refractivity contribution in [3.05, 3.63) is 47.7 Å². The Balaban J connectivity index is 1.41. The number of nitrogens with zero attached hydrogens (tertiary/aromatic N) is 5. The number of aliphatic imine (C=N–C) groups is 1. The zero-order chi connectivity index (χ0) is 20.2. The van der Waals surface area contributed by atoms with Crippen molar-refractivity contribution >= 4 is 27.6 Å². The van der Waals surface area contributed by atoms with Crippen molar-refractivity contribution in [3.63, 3.8) is 0 Å². The lowest BCUT2D eigenvalue weighted by molar-refractivity contribution is 0.239. The van der Waals surface area contributed by atoms with Crippen LogP contribution >= 0.6 is 0 Å². The van der Waals surface area contributed by atoms with Crippen LogP contribution in [0.1, 0.15) is 39.4 Å². The minimum atomic E-state index is -0.301. The lowest BCUT2D eigenvalue weighted by Crippen LogP contribution is -2.49. The Hall–Kier alpha value is -2.89. The number of nitrogens with one attached hydrogen (secondary N) is 1. The van der Waals surface area contributed by atoms with Gasteiger partial charge in [-0.3, -0.25) is 9.98 Å². The maximum Gasteiger partial charge on any atom is 0.127 e. The summed E-state index contributed by atoms with van der Waals surface area (Å²) in [7, 11) is 2.10. The van der Waals surface area contributed by atoms with E-state index in [4.69, 9.17) is 9.98 Å². The Morgan fingerprint density at radius 3 is 2.72 bits per heavy atom. The number of fused-ring (bicyclic) bond motifs is 3. The molecule has 1 atom stereocenters. The monoisotopic (exact) mass is 388 g/mol. The fourth-order valence-electron chi connectivity index (χ4n) is 4.75. The van der Waals surface area contributed by atoms with Crippen LogP contribution in [0.5, 0.6) is 0 Å². The van der Waals surface area contributed by atoms with Gasteiger partial charge in [0.05, 0.1) is 28.0 Å². The molecule has 0 spiro atoms. The van der Waals surface area contributed by atoms with Crippen LogP contribution in [0.2, 0.25) is 0 Å². The summed E-state index contributed by atoms with van der Waals surface area (Å²) in [5.41, 5.74) is 6.54. The standard InChI is InChI=1S/C23H28N6/c1-15-22(29-13-6-14-29)16(2)27-23(3,26-15)11-10-20-25-21-17-7-5-12-24-18(17)8-9-19(21)28(20)4/h5,7-9,12,26H,6,10-11,13-14H2,1-4H3. The molecule has 0 bridgehead atoms. The molecule has 1 unspecified atom stereocenters. The number of aryl methyl sites for hydroxylation is 2. The predicted octanol–water partition coefficient (Wildman–Crippen LogP) is 3.77. The normalized spacial score (nSPS) is 22.1. The first-order valence-corrected chi connectivity index (χ1v) is 10.4. The molecule has 1 saturated heterocycles. The number of likely N-dealkylation sites (tertiary alicyclic amines) is 1. The van der Waals surface area contributed by atoms with Crippen LogP contribution in [0.25, 0.3) is 21.9 Å². The average Bonchev–Trinajstić information content (AvgIpc) is 2.98. The van der Waals surface area contributed by atoms with Gasteiger partial charge in [0.1, 0.15) is 11.5 Å². The molecular formula is C23H28N6. The van der Waals surface area contributed by atoms with E-state index in [9.17, 15) is 0 Å². The van der Waals surface area contributed by atoms with E-state index in [1.54, 1.807) is 0 Å². The summed E-state index contributed by atoms with van der Waals surface area (Å²) in [5.74, 6) is 1.09. The fraction of sp³-hybridized carbons (Fsp3) is 0.435. The largest absolute Gasteiger partial charge is 0.369 e. The highest BCUT2D eigenvalue weighted by atomic mass is 15.3. The minimum absolute atomic E-state index is 0.301. The molecule has 2 aliphatic heterocycles. The molecule has 150 valence electrons. The molecule has 1 fully saturated rings. The van der Waals surface area contributed by atoms with Gasteiger partial charge in [0.25, 0.3) is 0 Å². The number of rotatable bonds is 4. The lowest BCUT2D eigenvalue weighted by Gasteiger charge is -2.42. The van der Waals surface area contributed by atoms with Crippen molar-refractivity contribution in [2.45, 2.75) is 45.7 Å².